The van der Waals surface area contributed by atoms with Gasteiger partial charge in [0.25, 0.3) is 21.6 Å². The number of amides is 1. The molecule has 2 aliphatic carbocycles. The summed E-state index contributed by atoms with van der Waals surface area (Å²) >= 11 is 6.27. The third kappa shape index (κ3) is 9.43. The number of rotatable bonds is 12. The van der Waals surface area contributed by atoms with Crippen molar-refractivity contribution in [2.75, 3.05) is 67.5 Å². The number of benzene rings is 3. The molecule has 0 spiro atoms. The number of fused-ring (bicyclic) bond motifs is 2. The molecule has 1 amide bonds. The monoisotopic (exact) mass is 906 g/mol. The number of aromatic nitrogens is 2. The Morgan fingerprint density at radius 2 is 1.75 bits per heavy atom. The van der Waals surface area contributed by atoms with Gasteiger partial charge in [0.1, 0.15) is 23.6 Å². The lowest BCUT2D eigenvalue weighted by Gasteiger charge is -2.39. The number of nitrogens with one attached hydrogen (secondary N) is 3. The van der Waals surface area contributed by atoms with E-state index in [-0.39, 0.29) is 33.9 Å². The fourth-order valence-electron chi connectivity index (χ4n) is 9.75. The first-order valence-corrected chi connectivity index (χ1v) is 24.2. The molecule has 3 aromatic carbocycles. The summed E-state index contributed by atoms with van der Waals surface area (Å²) in [5.41, 5.74) is 7.05. The zero-order valence-electron chi connectivity index (χ0n) is 36.4. The van der Waals surface area contributed by atoms with Gasteiger partial charge in [-0.3, -0.25) is 19.8 Å². The molecule has 14 nitrogen and oxygen atoms in total. The summed E-state index contributed by atoms with van der Waals surface area (Å²) in [6.45, 7) is 10.00. The van der Waals surface area contributed by atoms with E-state index in [2.05, 4.69) is 50.8 Å². The molecule has 0 unspecified atom stereocenters. The lowest BCUT2D eigenvalue weighted by molar-refractivity contribution is -0.384. The third-order valence-corrected chi connectivity index (χ3v) is 15.0. The quantitative estimate of drug-likeness (QED) is 0.0806. The van der Waals surface area contributed by atoms with Crippen molar-refractivity contribution in [2.24, 2.45) is 11.3 Å². The standard InChI is InChI=1S/C48H55ClN8O6S/c1-48(2)18-16-35(40(29-48)33-8-10-36(49)11-9-33)31-54-20-22-55(23-21-54)37-12-14-39(42(27-37)56-24-25-63-47-44(56)26-34-17-19-50-45(34)52-47)46(58)53-64(61,62)38-13-15-41(43(28-38)57(59)60)51-30-32-6-4-3-5-7-32/h8-15,17,19,26-28,32,51H,3-7,16,18,20-25,29-31H2,1-2H3,(H,50,52)(H,53,58). The van der Waals surface area contributed by atoms with Gasteiger partial charge in [-0.05, 0) is 109 Å². The maximum Gasteiger partial charge on any atom is 0.293 e. The smallest absolute Gasteiger partial charge is 0.293 e. The van der Waals surface area contributed by atoms with Gasteiger partial charge in [0.05, 0.1) is 27.6 Å². The SMILES string of the molecule is CC1(C)CCC(CN2CCN(c3ccc(C(=O)NS(=O)(=O)c4ccc(NCC5CCCCC5)c([N+](=O)[O-])c4)c(N4CCOc5nc6[nH]ccc6cc54)c3)CC2)=C(c2ccc(Cl)cc2)C1. The van der Waals surface area contributed by atoms with Crippen molar-refractivity contribution in [3.05, 3.63) is 111 Å². The number of nitro benzene ring substituents is 1. The van der Waals surface area contributed by atoms with Crippen LogP contribution >= 0.6 is 11.6 Å². The van der Waals surface area contributed by atoms with E-state index in [1.54, 1.807) is 12.3 Å². The number of sulfonamides is 1. The molecule has 0 bridgehead atoms. The number of nitrogens with zero attached hydrogens (tertiary/aromatic N) is 5. The number of hydrogen-bond donors (Lipinski definition) is 3. The number of carbonyl (C=O) groups excluding carboxylic acids is 1. The van der Waals surface area contributed by atoms with Gasteiger partial charge >= 0.3 is 0 Å². The highest BCUT2D eigenvalue weighted by Crippen LogP contribution is 2.44. The maximum atomic E-state index is 14.3. The molecule has 3 N–H and O–H groups in total. The molecule has 4 heterocycles. The van der Waals surface area contributed by atoms with Crippen LogP contribution in [0.15, 0.2) is 89.5 Å². The molecule has 0 radical (unpaired) electrons. The Hall–Kier alpha value is -5.64. The van der Waals surface area contributed by atoms with Crippen LogP contribution in [0, 0.1) is 21.4 Å². The van der Waals surface area contributed by atoms with Gasteiger partial charge in [-0.25, -0.2) is 13.1 Å². The largest absolute Gasteiger partial charge is 0.474 e. The fraction of sp³-hybridized carbons (Fsp3) is 0.417. The number of aromatic amines is 1. The highest BCUT2D eigenvalue weighted by atomic mass is 35.5. The van der Waals surface area contributed by atoms with Gasteiger partial charge in [0.15, 0.2) is 0 Å². The number of allylic oxidation sites excluding steroid dienone is 1. The minimum absolute atomic E-state index is 0.120. The van der Waals surface area contributed by atoms with Crippen molar-refractivity contribution in [1.29, 1.82) is 0 Å². The van der Waals surface area contributed by atoms with Crippen molar-refractivity contribution >= 4 is 72.6 Å². The normalized spacial score (nSPS) is 18.4. The molecule has 2 fully saturated rings. The first-order valence-electron chi connectivity index (χ1n) is 22.4. The molecule has 0 atom stereocenters. The molecule has 64 heavy (non-hydrogen) atoms. The maximum absolute atomic E-state index is 14.3. The summed E-state index contributed by atoms with van der Waals surface area (Å²) in [5.74, 6) is -0.0730. The minimum atomic E-state index is -4.54. The third-order valence-electron chi connectivity index (χ3n) is 13.4. The topological polar surface area (TPSA) is 166 Å². The van der Waals surface area contributed by atoms with E-state index < -0.39 is 20.9 Å². The van der Waals surface area contributed by atoms with E-state index in [0.29, 0.717) is 41.9 Å². The molecule has 16 heteroatoms. The van der Waals surface area contributed by atoms with Crippen molar-refractivity contribution < 1.29 is 22.9 Å². The summed E-state index contributed by atoms with van der Waals surface area (Å²) in [7, 11) is -4.54. The highest BCUT2D eigenvalue weighted by Gasteiger charge is 2.32. The zero-order chi connectivity index (χ0) is 44.6. The zero-order valence-corrected chi connectivity index (χ0v) is 37.9. The fourth-order valence-corrected chi connectivity index (χ4v) is 10.9. The van der Waals surface area contributed by atoms with Crippen LogP contribution in [-0.2, 0) is 10.0 Å². The predicted molar refractivity (Wildman–Crippen MR) is 253 cm³/mol. The first kappa shape index (κ1) is 43.6. The second-order valence-corrected chi connectivity index (χ2v) is 20.5. The van der Waals surface area contributed by atoms with Crippen LogP contribution in [0.25, 0.3) is 16.6 Å². The van der Waals surface area contributed by atoms with E-state index in [0.717, 1.165) is 99.8 Å². The molecule has 2 aliphatic heterocycles. The molecule has 5 aromatic rings. The molecule has 1 saturated heterocycles. The molecule has 2 aromatic heterocycles. The lowest BCUT2D eigenvalue weighted by atomic mass is 9.72. The van der Waals surface area contributed by atoms with E-state index in [4.69, 9.17) is 21.3 Å². The molecule has 1 saturated carbocycles. The van der Waals surface area contributed by atoms with Gasteiger partial charge < -0.3 is 24.8 Å². The van der Waals surface area contributed by atoms with Crippen LogP contribution in [0.2, 0.25) is 5.02 Å². The molecule has 9 rings (SSSR count). The van der Waals surface area contributed by atoms with Crippen LogP contribution < -0.4 is 24.6 Å². The van der Waals surface area contributed by atoms with Gasteiger partial charge in [0, 0.05) is 67.6 Å². The molecular weight excluding hydrogens is 852 g/mol. The Morgan fingerprint density at radius 3 is 2.52 bits per heavy atom. The van der Waals surface area contributed by atoms with E-state index in [9.17, 15) is 23.3 Å². The summed E-state index contributed by atoms with van der Waals surface area (Å²) < 4.78 is 36.0. The van der Waals surface area contributed by atoms with Gasteiger partial charge in [-0.2, -0.15) is 4.98 Å². The van der Waals surface area contributed by atoms with E-state index >= 15 is 0 Å². The second kappa shape index (κ2) is 18.1. The van der Waals surface area contributed by atoms with Crippen molar-refractivity contribution in [3.8, 4) is 5.88 Å². The van der Waals surface area contributed by atoms with E-state index in [1.165, 1.54) is 35.3 Å². The highest BCUT2D eigenvalue weighted by molar-refractivity contribution is 7.90. The number of ether oxygens (including phenoxy) is 1. The predicted octanol–water partition coefficient (Wildman–Crippen LogP) is 9.55. The first-order chi connectivity index (χ1) is 30.8. The van der Waals surface area contributed by atoms with Gasteiger partial charge in [-0.1, -0.05) is 62.4 Å². The number of carbonyl (C=O) groups is 1. The molecule has 4 aliphatic rings. The van der Waals surface area contributed by atoms with Gasteiger partial charge in [-0.15, -0.1) is 0 Å². The Morgan fingerprint density at radius 1 is 0.969 bits per heavy atom. The number of piperazine rings is 1. The second-order valence-electron chi connectivity index (χ2n) is 18.4. The number of pyridine rings is 1. The van der Waals surface area contributed by atoms with Crippen molar-refractivity contribution in [2.45, 2.75) is 70.1 Å². The van der Waals surface area contributed by atoms with E-state index in [1.807, 2.05) is 41.3 Å². The number of H-pyrrole nitrogens is 1. The van der Waals surface area contributed by atoms with Crippen LogP contribution in [0.3, 0.4) is 0 Å². The van der Waals surface area contributed by atoms with Gasteiger partial charge in [0.2, 0.25) is 5.88 Å². The molecule has 336 valence electrons. The molecular formula is C48H55ClN8O6S. The van der Waals surface area contributed by atoms with Crippen LogP contribution in [0.5, 0.6) is 5.88 Å². The summed E-state index contributed by atoms with van der Waals surface area (Å²) in [6, 6.07) is 21.2. The average Bonchev–Trinajstić information content (AvgIpc) is 3.76. The van der Waals surface area contributed by atoms with Crippen LogP contribution in [-0.4, -0.2) is 86.5 Å². The Kier molecular flexibility index (Phi) is 12.3. The Balaban J connectivity index is 0.975. The van der Waals surface area contributed by atoms with Crippen molar-refractivity contribution in [3.63, 3.8) is 0 Å². The Bertz CT molecular complexity index is 2710. The summed E-state index contributed by atoms with van der Waals surface area (Å²) in [6.07, 6.45) is 10.6. The number of halogens is 1. The average molecular weight is 908 g/mol. The number of anilines is 4. The number of nitro groups is 1. The summed E-state index contributed by atoms with van der Waals surface area (Å²) in [4.78, 5) is 40.1. The summed E-state index contributed by atoms with van der Waals surface area (Å²) in [5, 5.41) is 17.0. The minimum Gasteiger partial charge on any atom is -0.474 e. The van der Waals surface area contributed by atoms with Crippen LogP contribution in [0.4, 0.5) is 28.4 Å². The number of hydrogen-bond acceptors (Lipinski definition) is 11. The lowest BCUT2D eigenvalue weighted by Crippen LogP contribution is -2.47. The Labute approximate surface area is 379 Å². The van der Waals surface area contributed by atoms with Crippen LogP contribution in [0.1, 0.15) is 81.1 Å². The van der Waals surface area contributed by atoms with Crippen molar-refractivity contribution in [1.82, 2.24) is 19.6 Å².